The van der Waals surface area contributed by atoms with Crippen molar-refractivity contribution in [1.82, 2.24) is 10.2 Å². The molecule has 0 radical (unpaired) electrons. The number of amides is 1. The largest absolute Gasteiger partial charge is 0.478 e. The van der Waals surface area contributed by atoms with Gasteiger partial charge in [-0.1, -0.05) is 0 Å². The number of nitrogens with zero attached hydrogens (tertiary/aromatic N) is 1. The minimum Gasteiger partial charge on any atom is -0.478 e. The van der Waals surface area contributed by atoms with Gasteiger partial charge in [0.05, 0.1) is 13.2 Å². The van der Waals surface area contributed by atoms with Gasteiger partial charge in [0.25, 0.3) is 0 Å². The van der Waals surface area contributed by atoms with Crippen molar-refractivity contribution in [2.45, 2.75) is 0 Å². The van der Waals surface area contributed by atoms with Crippen LogP contribution in [-0.2, 0) is 14.3 Å². The number of carbonyl (C=O) groups excluding carboxylic acids is 1. The number of ether oxygens (including phenoxy) is 1. The smallest absolute Gasteiger partial charge is 0.328 e. The van der Waals surface area contributed by atoms with Gasteiger partial charge in [-0.15, -0.1) is 0 Å². The topological polar surface area (TPSA) is 78.9 Å². The summed E-state index contributed by atoms with van der Waals surface area (Å²) < 4.78 is 5.22. The van der Waals surface area contributed by atoms with E-state index in [1.54, 1.807) is 0 Å². The van der Waals surface area contributed by atoms with Gasteiger partial charge < -0.3 is 20.1 Å². The van der Waals surface area contributed by atoms with Crippen LogP contribution in [0.4, 0.5) is 0 Å². The monoisotopic (exact) mass is 230 g/mol. The van der Waals surface area contributed by atoms with E-state index in [1.165, 1.54) is 0 Å². The highest BCUT2D eigenvalue weighted by molar-refractivity contribution is 5.93. The molecule has 0 aromatic carbocycles. The number of hydrogen-bond acceptors (Lipinski definition) is 4. The summed E-state index contributed by atoms with van der Waals surface area (Å²) in [5.74, 6) is -1.57. The van der Waals surface area contributed by atoms with Gasteiger partial charge in [0.15, 0.2) is 0 Å². The van der Waals surface area contributed by atoms with Crippen LogP contribution in [0.1, 0.15) is 0 Å². The second-order valence-corrected chi connectivity index (χ2v) is 3.38. The molecule has 0 unspecified atom stereocenters. The predicted molar refractivity (Wildman–Crippen MR) is 59.2 cm³/mol. The van der Waals surface area contributed by atoms with Crippen LogP contribution in [0.5, 0.6) is 0 Å². The Morgan fingerprint density at radius 1 is 1.31 bits per heavy atom. The molecule has 0 aromatic rings. The molecule has 16 heavy (non-hydrogen) atoms. The van der Waals surface area contributed by atoms with E-state index in [4.69, 9.17) is 9.84 Å². The Balaban J connectivity index is 3.38. The van der Waals surface area contributed by atoms with E-state index >= 15 is 0 Å². The first-order valence-electron chi connectivity index (χ1n) is 4.93. The Labute approximate surface area is 94.9 Å². The zero-order chi connectivity index (χ0) is 12.4. The number of carboxylic acid groups (broad SMARTS) is 1. The van der Waals surface area contributed by atoms with Crippen molar-refractivity contribution in [3.63, 3.8) is 0 Å². The third-order valence-corrected chi connectivity index (χ3v) is 1.61. The molecule has 6 nitrogen and oxygen atoms in total. The van der Waals surface area contributed by atoms with E-state index < -0.39 is 11.9 Å². The number of rotatable bonds is 8. The van der Waals surface area contributed by atoms with Crippen LogP contribution >= 0.6 is 0 Å². The summed E-state index contributed by atoms with van der Waals surface area (Å²) in [5, 5.41) is 10.8. The fourth-order valence-corrected chi connectivity index (χ4v) is 0.801. The first kappa shape index (κ1) is 14.6. The molecule has 0 aliphatic heterocycles. The van der Waals surface area contributed by atoms with Gasteiger partial charge in [0.1, 0.15) is 0 Å². The first-order chi connectivity index (χ1) is 7.52. The Kier molecular flexibility index (Phi) is 8.10. The van der Waals surface area contributed by atoms with Gasteiger partial charge in [-0.05, 0) is 14.1 Å². The van der Waals surface area contributed by atoms with Crippen molar-refractivity contribution in [1.29, 1.82) is 0 Å². The summed E-state index contributed by atoms with van der Waals surface area (Å²) in [6.45, 7) is 2.22. The van der Waals surface area contributed by atoms with Gasteiger partial charge >= 0.3 is 5.97 Å². The van der Waals surface area contributed by atoms with Crippen LogP contribution in [0, 0.1) is 0 Å². The first-order valence-corrected chi connectivity index (χ1v) is 4.93. The van der Waals surface area contributed by atoms with Crippen LogP contribution in [0.2, 0.25) is 0 Å². The lowest BCUT2D eigenvalue weighted by Crippen LogP contribution is -2.27. The minimum atomic E-state index is -1.14. The number of nitrogens with one attached hydrogen (secondary N) is 1. The van der Waals surface area contributed by atoms with Crippen LogP contribution in [0.25, 0.3) is 0 Å². The van der Waals surface area contributed by atoms with Crippen molar-refractivity contribution in [3.05, 3.63) is 12.2 Å². The van der Waals surface area contributed by atoms with Crippen molar-refractivity contribution >= 4 is 11.9 Å². The quantitative estimate of drug-likeness (QED) is 0.427. The van der Waals surface area contributed by atoms with E-state index in [9.17, 15) is 9.59 Å². The normalized spacial score (nSPS) is 10.9. The molecule has 0 saturated carbocycles. The Morgan fingerprint density at radius 2 is 2.00 bits per heavy atom. The average molecular weight is 230 g/mol. The summed E-state index contributed by atoms with van der Waals surface area (Å²) in [5.41, 5.74) is 0. The number of likely N-dealkylation sites (N-methyl/N-ethyl adjacent to an activating group) is 1. The fourth-order valence-electron chi connectivity index (χ4n) is 0.801. The Hall–Kier alpha value is -1.40. The third-order valence-electron chi connectivity index (χ3n) is 1.61. The van der Waals surface area contributed by atoms with E-state index in [0.717, 1.165) is 18.7 Å². The average Bonchev–Trinajstić information content (AvgIpc) is 2.19. The van der Waals surface area contributed by atoms with Crippen LogP contribution < -0.4 is 5.32 Å². The molecule has 0 aliphatic rings. The maximum Gasteiger partial charge on any atom is 0.328 e. The van der Waals surface area contributed by atoms with E-state index in [0.29, 0.717) is 19.8 Å². The molecule has 1 amide bonds. The summed E-state index contributed by atoms with van der Waals surface area (Å²) in [7, 11) is 3.89. The molecule has 92 valence electrons. The maximum atomic E-state index is 11.0. The predicted octanol–water partition coefficient (Wildman–Crippen LogP) is -0.678. The molecule has 0 saturated heterocycles. The third kappa shape index (κ3) is 10.7. The second-order valence-electron chi connectivity index (χ2n) is 3.38. The molecule has 0 atom stereocenters. The highest BCUT2D eigenvalue weighted by Crippen LogP contribution is 1.79. The Bertz CT molecular complexity index is 251. The maximum absolute atomic E-state index is 11.0. The van der Waals surface area contributed by atoms with Gasteiger partial charge in [-0.25, -0.2) is 4.79 Å². The van der Waals surface area contributed by atoms with Crippen molar-refractivity contribution in [3.8, 4) is 0 Å². The van der Waals surface area contributed by atoms with Gasteiger partial charge in [0.2, 0.25) is 5.91 Å². The molecular weight excluding hydrogens is 212 g/mol. The molecule has 0 fully saturated rings. The summed E-state index contributed by atoms with van der Waals surface area (Å²) in [4.78, 5) is 23.0. The molecule has 0 heterocycles. The minimum absolute atomic E-state index is 0.371. The molecular formula is C10H18N2O4. The van der Waals surface area contributed by atoms with Crippen LogP contribution in [-0.4, -0.2) is 62.3 Å². The zero-order valence-corrected chi connectivity index (χ0v) is 9.60. The summed E-state index contributed by atoms with van der Waals surface area (Å²) in [6.07, 6.45) is 1.77. The van der Waals surface area contributed by atoms with Crippen LogP contribution in [0.3, 0.4) is 0 Å². The molecule has 0 spiro atoms. The standard InChI is InChI=1S/C10H18N2O4/c1-12(2)6-8-16-7-5-11-9(13)3-4-10(14)15/h3-4H,5-8H2,1-2H3,(H,11,13)(H,14,15)/b4-3+. The van der Waals surface area contributed by atoms with Crippen molar-refractivity contribution in [2.75, 3.05) is 40.4 Å². The molecule has 6 heteroatoms. The number of carbonyl (C=O) groups is 2. The molecule has 0 bridgehead atoms. The van der Waals surface area contributed by atoms with Gasteiger partial charge in [-0.3, -0.25) is 4.79 Å². The van der Waals surface area contributed by atoms with Gasteiger partial charge in [-0.2, -0.15) is 0 Å². The highest BCUT2D eigenvalue weighted by atomic mass is 16.5. The van der Waals surface area contributed by atoms with E-state index in [2.05, 4.69) is 5.32 Å². The van der Waals surface area contributed by atoms with E-state index in [-0.39, 0.29) is 0 Å². The number of aliphatic carboxylic acids is 1. The molecule has 0 aromatic heterocycles. The lowest BCUT2D eigenvalue weighted by atomic mass is 10.4. The Morgan fingerprint density at radius 3 is 2.56 bits per heavy atom. The highest BCUT2D eigenvalue weighted by Gasteiger charge is 1.96. The molecule has 0 aliphatic carbocycles. The fraction of sp³-hybridized carbons (Fsp3) is 0.600. The van der Waals surface area contributed by atoms with Crippen molar-refractivity contribution in [2.24, 2.45) is 0 Å². The number of carboxylic acids is 1. The SMILES string of the molecule is CN(C)CCOCCNC(=O)/C=C/C(=O)O. The summed E-state index contributed by atoms with van der Waals surface area (Å²) in [6, 6.07) is 0. The molecule has 0 rings (SSSR count). The van der Waals surface area contributed by atoms with Crippen LogP contribution in [0.15, 0.2) is 12.2 Å². The summed E-state index contributed by atoms with van der Waals surface area (Å²) >= 11 is 0. The van der Waals surface area contributed by atoms with Gasteiger partial charge in [0, 0.05) is 25.2 Å². The van der Waals surface area contributed by atoms with E-state index in [1.807, 2.05) is 19.0 Å². The second kappa shape index (κ2) is 8.87. The molecule has 2 N–H and O–H groups in total. The lowest BCUT2D eigenvalue weighted by Gasteiger charge is -2.09. The van der Waals surface area contributed by atoms with Crippen molar-refractivity contribution < 1.29 is 19.4 Å². The lowest BCUT2D eigenvalue weighted by molar-refractivity contribution is -0.131. The zero-order valence-electron chi connectivity index (χ0n) is 9.60. The number of hydrogen-bond donors (Lipinski definition) is 2.